The topological polar surface area (TPSA) is 12.5 Å². The third kappa shape index (κ3) is 4.09. The van der Waals surface area contributed by atoms with E-state index in [4.69, 9.17) is 4.74 Å². The minimum atomic E-state index is 0.644. The van der Waals surface area contributed by atoms with Crippen LogP contribution in [-0.2, 0) is 4.74 Å². The molecule has 0 aromatic carbocycles. The summed E-state index contributed by atoms with van der Waals surface area (Å²) >= 11 is 3.54. The molecule has 0 bridgehead atoms. The van der Waals surface area contributed by atoms with Crippen molar-refractivity contribution >= 4 is 15.9 Å². The van der Waals surface area contributed by atoms with Crippen LogP contribution >= 0.6 is 15.9 Å². The van der Waals surface area contributed by atoms with Crippen LogP contribution in [0.4, 0.5) is 0 Å². The first kappa shape index (κ1) is 9.49. The van der Waals surface area contributed by atoms with E-state index in [1.54, 1.807) is 0 Å². The van der Waals surface area contributed by atoms with Crippen LogP contribution in [0.3, 0.4) is 0 Å². The Kier molecular flexibility index (Phi) is 4.41. The van der Waals surface area contributed by atoms with Crippen LogP contribution in [0.1, 0.15) is 13.3 Å². The SMILES string of the molecule is CC(Br)CCN1CCOCC1. The first-order valence-electron chi connectivity index (χ1n) is 4.23. The predicted octanol–water partition coefficient (Wildman–Crippen LogP) is 1.49. The molecule has 0 aromatic rings. The van der Waals surface area contributed by atoms with Gasteiger partial charge < -0.3 is 4.74 Å². The fourth-order valence-electron chi connectivity index (χ4n) is 1.19. The van der Waals surface area contributed by atoms with E-state index in [2.05, 4.69) is 27.8 Å². The van der Waals surface area contributed by atoms with Crippen molar-refractivity contribution < 1.29 is 4.74 Å². The second-order valence-electron chi connectivity index (χ2n) is 3.02. The Morgan fingerprint density at radius 3 is 2.64 bits per heavy atom. The van der Waals surface area contributed by atoms with Gasteiger partial charge in [-0.25, -0.2) is 0 Å². The summed E-state index contributed by atoms with van der Waals surface area (Å²) in [5.41, 5.74) is 0. The van der Waals surface area contributed by atoms with Gasteiger partial charge in [0.15, 0.2) is 0 Å². The number of halogens is 1. The summed E-state index contributed by atoms with van der Waals surface area (Å²) in [7, 11) is 0. The van der Waals surface area contributed by atoms with Crippen molar-refractivity contribution in [1.29, 1.82) is 0 Å². The molecule has 1 atom stereocenters. The van der Waals surface area contributed by atoms with E-state index in [9.17, 15) is 0 Å². The Morgan fingerprint density at radius 2 is 2.09 bits per heavy atom. The molecule has 0 saturated carbocycles. The van der Waals surface area contributed by atoms with Crippen molar-refractivity contribution in [2.24, 2.45) is 0 Å². The van der Waals surface area contributed by atoms with Gasteiger partial charge in [0.25, 0.3) is 0 Å². The number of hydrogen-bond acceptors (Lipinski definition) is 2. The van der Waals surface area contributed by atoms with Gasteiger partial charge in [0.2, 0.25) is 0 Å². The summed E-state index contributed by atoms with van der Waals surface area (Å²) in [6.45, 7) is 7.45. The summed E-state index contributed by atoms with van der Waals surface area (Å²) in [6.07, 6.45) is 1.24. The van der Waals surface area contributed by atoms with Crippen molar-refractivity contribution in [2.45, 2.75) is 18.2 Å². The first-order valence-corrected chi connectivity index (χ1v) is 5.15. The molecular formula is C8H16BrNO. The fourth-order valence-corrected chi connectivity index (χ4v) is 1.39. The summed E-state index contributed by atoms with van der Waals surface area (Å²) in [6, 6.07) is 0. The van der Waals surface area contributed by atoms with Gasteiger partial charge in [0.05, 0.1) is 13.2 Å². The van der Waals surface area contributed by atoms with Gasteiger partial charge in [-0.15, -0.1) is 0 Å². The molecule has 0 radical (unpaired) electrons. The Morgan fingerprint density at radius 1 is 1.45 bits per heavy atom. The van der Waals surface area contributed by atoms with E-state index in [1.165, 1.54) is 13.0 Å². The Labute approximate surface area is 77.0 Å². The van der Waals surface area contributed by atoms with Gasteiger partial charge in [-0.3, -0.25) is 4.90 Å². The average molecular weight is 222 g/mol. The molecule has 1 fully saturated rings. The maximum absolute atomic E-state index is 5.25. The lowest BCUT2D eigenvalue weighted by Crippen LogP contribution is -2.37. The summed E-state index contributed by atoms with van der Waals surface area (Å²) < 4.78 is 5.25. The van der Waals surface area contributed by atoms with Gasteiger partial charge in [-0.1, -0.05) is 22.9 Å². The molecule has 1 saturated heterocycles. The average Bonchev–Trinajstić information content (AvgIpc) is 2.03. The minimum Gasteiger partial charge on any atom is -0.379 e. The third-order valence-corrected chi connectivity index (χ3v) is 2.40. The van der Waals surface area contributed by atoms with Crippen LogP contribution in [0, 0.1) is 0 Å². The molecule has 0 amide bonds. The standard InChI is InChI=1S/C8H16BrNO/c1-8(9)2-3-10-4-6-11-7-5-10/h8H,2-7H2,1H3. The van der Waals surface area contributed by atoms with Crippen LogP contribution in [0.2, 0.25) is 0 Å². The number of morpholine rings is 1. The molecule has 66 valence electrons. The maximum atomic E-state index is 5.25. The van der Waals surface area contributed by atoms with E-state index in [0.717, 1.165) is 26.3 Å². The van der Waals surface area contributed by atoms with Crippen molar-refractivity contribution in [2.75, 3.05) is 32.8 Å². The number of ether oxygens (including phenoxy) is 1. The lowest BCUT2D eigenvalue weighted by Gasteiger charge is -2.26. The van der Waals surface area contributed by atoms with Gasteiger partial charge in [-0.2, -0.15) is 0 Å². The molecule has 1 rings (SSSR count). The highest BCUT2D eigenvalue weighted by molar-refractivity contribution is 9.09. The minimum absolute atomic E-state index is 0.644. The van der Waals surface area contributed by atoms with Gasteiger partial charge >= 0.3 is 0 Å². The van der Waals surface area contributed by atoms with Crippen LogP contribution in [0.25, 0.3) is 0 Å². The van der Waals surface area contributed by atoms with Gasteiger partial charge in [0.1, 0.15) is 0 Å². The van der Waals surface area contributed by atoms with Crippen LogP contribution in [0.5, 0.6) is 0 Å². The quantitative estimate of drug-likeness (QED) is 0.671. The van der Waals surface area contributed by atoms with Crippen LogP contribution in [0.15, 0.2) is 0 Å². The number of alkyl halides is 1. The van der Waals surface area contributed by atoms with E-state index in [0.29, 0.717) is 4.83 Å². The molecule has 3 heteroatoms. The zero-order valence-electron chi connectivity index (χ0n) is 7.05. The summed E-state index contributed by atoms with van der Waals surface area (Å²) in [5.74, 6) is 0. The zero-order valence-corrected chi connectivity index (χ0v) is 8.64. The molecule has 0 spiro atoms. The second-order valence-corrected chi connectivity index (χ2v) is 4.59. The van der Waals surface area contributed by atoms with Crippen molar-refractivity contribution in [3.63, 3.8) is 0 Å². The van der Waals surface area contributed by atoms with E-state index >= 15 is 0 Å². The lowest BCUT2D eigenvalue weighted by molar-refractivity contribution is 0.0375. The molecule has 0 aliphatic carbocycles. The Hall–Kier alpha value is 0.400. The van der Waals surface area contributed by atoms with E-state index in [-0.39, 0.29) is 0 Å². The number of hydrogen-bond donors (Lipinski definition) is 0. The normalized spacial score (nSPS) is 23.5. The zero-order chi connectivity index (χ0) is 8.10. The molecule has 0 aromatic heterocycles. The number of rotatable bonds is 3. The molecule has 2 nitrogen and oxygen atoms in total. The molecule has 1 unspecified atom stereocenters. The van der Waals surface area contributed by atoms with E-state index < -0.39 is 0 Å². The molecular weight excluding hydrogens is 206 g/mol. The maximum Gasteiger partial charge on any atom is 0.0594 e. The smallest absolute Gasteiger partial charge is 0.0594 e. The highest BCUT2D eigenvalue weighted by Gasteiger charge is 2.09. The second kappa shape index (κ2) is 5.12. The van der Waals surface area contributed by atoms with Crippen molar-refractivity contribution in [3.8, 4) is 0 Å². The fraction of sp³-hybridized carbons (Fsp3) is 1.00. The Bertz CT molecular complexity index is 102. The predicted molar refractivity (Wildman–Crippen MR) is 50.3 cm³/mol. The highest BCUT2D eigenvalue weighted by atomic mass is 79.9. The van der Waals surface area contributed by atoms with Crippen LogP contribution in [-0.4, -0.2) is 42.6 Å². The van der Waals surface area contributed by atoms with Gasteiger partial charge in [0, 0.05) is 17.9 Å². The molecule has 1 heterocycles. The monoisotopic (exact) mass is 221 g/mol. The van der Waals surface area contributed by atoms with Crippen molar-refractivity contribution in [3.05, 3.63) is 0 Å². The summed E-state index contributed by atoms with van der Waals surface area (Å²) in [4.78, 5) is 3.10. The summed E-state index contributed by atoms with van der Waals surface area (Å²) in [5, 5.41) is 0. The van der Waals surface area contributed by atoms with Gasteiger partial charge in [-0.05, 0) is 13.0 Å². The third-order valence-electron chi connectivity index (χ3n) is 1.95. The number of nitrogens with zero attached hydrogens (tertiary/aromatic N) is 1. The van der Waals surface area contributed by atoms with Crippen molar-refractivity contribution in [1.82, 2.24) is 4.90 Å². The van der Waals surface area contributed by atoms with Crippen LogP contribution < -0.4 is 0 Å². The molecule has 0 N–H and O–H groups in total. The highest BCUT2D eigenvalue weighted by Crippen LogP contribution is 2.05. The Balaban J connectivity index is 2.05. The molecule has 1 aliphatic rings. The lowest BCUT2D eigenvalue weighted by atomic mass is 10.3. The first-order chi connectivity index (χ1) is 5.29. The molecule has 1 aliphatic heterocycles. The molecule has 11 heavy (non-hydrogen) atoms. The van der Waals surface area contributed by atoms with E-state index in [1.807, 2.05) is 0 Å². The largest absolute Gasteiger partial charge is 0.379 e.